The minimum absolute atomic E-state index is 0.740. The highest BCUT2D eigenvalue weighted by atomic mass is 14.5. The second-order valence-corrected chi connectivity index (χ2v) is 4.20. The van der Waals surface area contributed by atoms with E-state index in [1.165, 1.54) is 0 Å². The van der Waals surface area contributed by atoms with Crippen molar-refractivity contribution < 1.29 is 0 Å². The Balaban J connectivity index is 2.26. The van der Waals surface area contributed by atoms with Crippen LogP contribution in [0.2, 0.25) is 0 Å². The summed E-state index contributed by atoms with van der Waals surface area (Å²) >= 11 is 0. The molecule has 2 heteroatoms. The van der Waals surface area contributed by atoms with Crippen LogP contribution in [-0.2, 0) is 0 Å². The monoisotopic (exact) mass is 236 g/mol. The summed E-state index contributed by atoms with van der Waals surface area (Å²) < 4.78 is 0. The van der Waals surface area contributed by atoms with E-state index in [0.717, 1.165) is 33.6 Å². The van der Waals surface area contributed by atoms with Gasteiger partial charge < -0.3 is 11.5 Å². The van der Waals surface area contributed by atoms with Crippen LogP contribution in [0.5, 0.6) is 0 Å². The third-order valence-corrected chi connectivity index (χ3v) is 2.88. The summed E-state index contributed by atoms with van der Waals surface area (Å²) in [6.07, 6.45) is 0. The molecule has 0 atom stereocenters. The van der Waals surface area contributed by atoms with Gasteiger partial charge in [0.25, 0.3) is 0 Å². The van der Waals surface area contributed by atoms with Crippen molar-refractivity contribution >= 4 is 22.5 Å². The molecule has 0 radical (unpaired) electrons. The molecule has 0 fully saturated rings. The van der Waals surface area contributed by atoms with Crippen LogP contribution in [0.15, 0.2) is 61.7 Å². The largest absolute Gasteiger partial charge is 0.399 e. The van der Waals surface area contributed by atoms with Crippen LogP contribution in [0.3, 0.4) is 0 Å². The van der Waals surface area contributed by atoms with Gasteiger partial charge in [-0.15, -0.1) is 0 Å². The first kappa shape index (κ1) is 12.0. The fraction of sp³-hybridized carbons (Fsp3) is 0. The van der Waals surface area contributed by atoms with Crippen LogP contribution in [0.25, 0.3) is 11.1 Å². The van der Waals surface area contributed by atoms with E-state index in [-0.39, 0.29) is 0 Å². The van der Waals surface area contributed by atoms with Crippen LogP contribution in [0.4, 0.5) is 11.4 Å². The average molecular weight is 236 g/mol. The van der Waals surface area contributed by atoms with Crippen LogP contribution in [0.1, 0.15) is 11.1 Å². The highest BCUT2D eigenvalue weighted by Crippen LogP contribution is 2.28. The molecule has 4 N–H and O–H groups in total. The molecule has 0 heterocycles. The molecule has 0 aliphatic rings. The molecule has 0 bridgehead atoms. The molecule has 0 aliphatic carbocycles. The maximum Gasteiger partial charge on any atom is 0.0314 e. The summed E-state index contributed by atoms with van der Waals surface area (Å²) in [5.74, 6) is 0. The lowest BCUT2D eigenvalue weighted by Crippen LogP contribution is -1.90. The fourth-order valence-corrected chi connectivity index (χ4v) is 1.72. The van der Waals surface area contributed by atoms with Gasteiger partial charge in [-0.2, -0.15) is 0 Å². The Bertz CT molecular complexity index is 522. The molecular formula is C16H16N2. The molecule has 0 unspecified atom stereocenters. The Morgan fingerprint density at radius 3 is 1.17 bits per heavy atom. The smallest absolute Gasteiger partial charge is 0.0314 e. The molecule has 0 aliphatic heterocycles. The first-order valence-corrected chi connectivity index (χ1v) is 5.68. The summed E-state index contributed by atoms with van der Waals surface area (Å²) in [6, 6.07) is 15.2. The first-order valence-electron chi connectivity index (χ1n) is 5.68. The van der Waals surface area contributed by atoms with Crippen molar-refractivity contribution in [1.29, 1.82) is 0 Å². The number of benzene rings is 2. The number of nitrogen functional groups attached to an aromatic ring is 2. The number of anilines is 2. The molecule has 0 aromatic heterocycles. The average Bonchev–Trinajstić information content (AvgIpc) is 2.39. The second-order valence-electron chi connectivity index (χ2n) is 4.20. The maximum atomic E-state index is 5.66. The van der Waals surface area contributed by atoms with Crippen molar-refractivity contribution in [2.24, 2.45) is 0 Å². The van der Waals surface area contributed by atoms with E-state index in [9.17, 15) is 0 Å². The van der Waals surface area contributed by atoms with Gasteiger partial charge in [-0.1, -0.05) is 37.4 Å². The minimum atomic E-state index is 0.740. The third-order valence-electron chi connectivity index (χ3n) is 2.88. The van der Waals surface area contributed by atoms with Gasteiger partial charge in [0, 0.05) is 11.4 Å². The SMILES string of the molecule is C=C(C(=C)c1ccc(N)cc1)c1ccc(N)cc1. The Labute approximate surface area is 107 Å². The van der Waals surface area contributed by atoms with Gasteiger partial charge in [0.05, 0.1) is 0 Å². The molecule has 0 saturated heterocycles. The van der Waals surface area contributed by atoms with E-state index in [4.69, 9.17) is 11.5 Å². The second kappa shape index (κ2) is 4.80. The lowest BCUT2D eigenvalue weighted by atomic mass is 9.95. The standard InChI is InChI=1S/C16H16N2/c1-11(13-3-7-15(17)8-4-13)12(2)14-5-9-16(18)10-6-14/h3-10H,1-2,17-18H2. The van der Waals surface area contributed by atoms with E-state index in [2.05, 4.69) is 13.2 Å². The van der Waals surface area contributed by atoms with E-state index >= 15 is 0 Å². The predicted octanol–water partition coefficient (Wildman–Crippen LogP) is 3.58. The molecule has 2 aromatic carbocycles. The molecule has 0 amide bonds. The van der Waals surface area contributed by atoms with E-state index in [1.807, 2.05) is 48.5 Å². The molecule has 2 aromatic rings. The number of hydrogen-bond acceptors (Lipinski definition) is 2. The van der Waals surface area contributed by atoms with E-state index in [1.54, 1.807) is 0 Å². The fourth-order valence-electron chi connectivity index (χ4n) is 1.72. The van der Waals surface area contributed by atoms with Crippen molar-refractivity contribution in [1.82, 2.24) is 0 Å². The van der Waals surface area contributed by atoms with Crippen molar-refractivity contribution in [2.75, 3.05) is 11.5 Å². The van der Waals surface area contributed by atoms with Crippen molar-refractivity contribution in [3.8, 4) is 0 Å². The zero-order valence-electron chi connectivity index (χ0n) is 10.2. The maximum absolute atomic E-state index is 5.66. The van der Waals surface area contributed by atoms with E-state index < -0.39 is 0 Å². The van der Waals surface area contributed by atoms with Crippen LogP contribution < -0.4 is 11.5 Å². The zero-order valence-corrected chi connectivity index (χ0v) is 10.2. The Morgan fingerprint density at radius 2 is 0.889 bits per heavy atom. The number of nitrogens with two attached hydrogens (primary N) is 2. The summed E-state index contributed by atoms with van der Waals surface area (Å²) in [4.78, 5) is 0. The van der Waals surface area contributed by atoms with Crippen molar-refractivity contribution in [3.63, 3.8) is 0 Å². The van der Waals surface area contributed by atoms with E-state index in [0.29, 0.717) is 0 Å². The lowest BCUT2D eigenvalue weighted by Gasteiger charge is -2.10. The molecule has 2 rings (SSSR count). The number of allylic oxidation sites excluding steroid dienone is 2. The highest BCUT2D eigenvalue weighted by molar-refractivity contribution is 6.03. The zero-order chi connectivity index (χ0) is 13.1. The summed E-state index contributed by atoms with van der Waals surface area (Å²) in [7, 11) is 0. The summed E-state index contributed by atoms with van der Waals surface area (Å²) in [5.41, 5.74) is 16.6. The molecule has 2 nitrogen and oxygen atoms in total. The van der Waals surface area contributed by atoms with Gasteiger partial charge in [-0.05, 0) is 46.5 Å². The Hall–Kier alpha value is -2.48. The lowest BCUT2D eigenvalue weighted by molar-refractivity contribution is 1.59. The molecule has 90 valence electrons. The van der Waals surface area contributed by atoms with Crippen LogP contribution in [0, 0.1) is 0 Å². The topological polar surface area (TPSA) is 52.0 Å². The van der Waals surface area contributed by atoms with Gasteiger partial charge in [0.2, 0.25) is 0 Å². The molecule has 18 heavy (non-hydrogen) atoms. The van der Waals surface area contributed by atoms with Crippen molar-refractivity contribution in [2.45, 2.75) is 0 Å². The van der Waals surface area contributed by atoms with Crippen LogP contribution >= 0.6 is 0 Å². The molecular weight excluding hydrogens is 220 g/mol. The Morgan fingerprint density at radius 1 is 0.611 bits per heavy atom. The van der Waals surface area contributed by atoms with Gasteiger partial charge in [-0.25, -0.2) is 0 Å². The van der Waals surface area contributed by atoms with Crippen LogP contribution in [-0.4, -0.2) is 0 Å². The minimum Gasteiger partial charge on any atom is -0.399 e. The molecule has 0 spiro atoms. The summed E-state index contributed by atoms with van der Waals surface area (Å²) in [6.45, 7) is 8.16. The van der Waals surface area contributed by atoms with Gasteiger partial charge in [0.15, 0.2) is 0 Å². The number of hydrogen-bond donors (Lipinski definition) is 2. The Kier molecular flexibility index (Phi) is 3.20. The van der Waals surface area contributed by atoms with Gasteiger partial charge >= 0.3 is 0 Å². The molecule has 0 saturated carbocycles. The quantitative estimate of drug-likeness (QED) is 0.632. The van der Waals surface area contributed by atoms with Gasteiger partial charge in [0.1, 0.15) is 0 Å². The summed E-state index contributed by atoms with van der Waals surface area (Å²) in [5, 5.41) is 0. The normalized spacial score (nSPS) is 10.0. The van der Waals surface area contributed by atoms with Crippen molar-refractivity contribution in [3.05, 3.63) is 72.8 Å². The third kappa shape index (κ3) is 2.43. The predicted molar refractivity (Wildman–Crippen MR) is 79.8 cm³/mol. The number of rotatable bonds is 3. The highest BCUT2D eigenvalue weighted by Gasteiger charge is 2.05. The first-order chi connectivity index (χ1) is 8.58. The van der Waals surface area contributed by atoms with Gasteiger partial charge in [-0.3, -0.25) is 0 Å².